The standard InChI is InChI=1S/C19H30N2O2/c1-2-15-3-5-16(6-4-15)14-21-10-7-19(8-11-21)17(22)13-18(19)23-12-9-20/h3-6,17-18,22H,2,7-14,20H2,1H3. The fourth-order valence-electron chi connectivity index (χ4n) is 4.09. The van der Waals surface area contributed by atoms with Gasteiger partial charge in [0.1, 0.15) is 0 Å². The number of piperidine rings is 1. The van der Waals surface area contributed by atoms with E-state index < -0.39 is 0 Å². The Labute approximate surface area is 139 Å². The number of nitrogens with two attached hydrogens (primary N) is 1. The van der Waals surface area contributed by atoms with Gasteiger partial charge in [-0.3, -0.25) is 4.90 Å². The number of aliphatic hydroxyl groups excluding tert-OH is 1. The monoisotopic (exact) mass is 318 g/mol. The Morgan fingerprint density at radius 3 is 2.43 bits per heavy atom. The molecule has 4 nitrogen and oxygen atoms in total. The highest BCUT2D eigenvalue weighted by Gasteiger charge is 2.55. The second-order valence-corrected chi connectivity index (χ2v) is 7.08. The van der Waals surface area contributed by atoms with Gasteiger partial charge >= 0.3 is 0 Å². The number of hydrogen-bond acceptors (Lipinski definition) is 4. The van der Waals surface area contributed by atoms with Gasteiger partial charge in [0.2, 0.25) is 0 Å². The molecule has 1 saturated carbocycles. The molecule has 1 heterocycles. The van der Waals surface area contributed by atoms with Gasteiger partial charge in [-0.15, -0.1) is 0 Å². The van der Waals surface area contributed by atoms with Crippen molar-refractivity contribution in [3.63, 3.8) is 0 Å². The van der Waals surface area contributed by atoms with Crippen LogP contribution in [0.1, 0.15) is 37.3 Å². The number of likely N-dealkylation sites (tertiary alicyclic amines) is 1. The molecule has 3 N–H and O–H groups in total. The molecule has 23 heavy (non-hydrogen) atoms. The van der Waals surface area contributed by atoms with Crippen molar-refractivity contribution in [2.24, 2.45) is 11.1 Å². The second-order valence-electron chi connectivity index (χ2n) is 7.08. The van der Waals surface area contributed by atoms with Gasteiger partial charge in [0.15, 0.2) is 0 Å². The lowest BCUT2D eigenvalue weighted by molar-refractivity contribution is -0.210. The van der Waals surface area contributed by atoms with Crippen LogP contribution in [0.2, 0.25) is 0 Å². The fraction of sp³-hybridized carbons (Fsp3) is 0.684. The van der Waals surface area contributed by atoms with Crippen LogP contribution >= 0.6 is 0 Å². The summed E-state index contributed by atoms with van der Waals surface area (Å²) in [5, 5.41) is 10.3. The highest BCUT2D eigenvalue weighted by molar-refractivity contribution is 5.22. The highest BCUT2D eigenvalue weighted by atomic mass is 16.5. The van der Waals surface area contributed by atoms with Crippen LogP contribution in [0.25, 0.3) is 0 Å². The molecule has 2 atom stereocenters. The van der Waals surface area contributed by atoms with E-state index in [9.17, 15) is 5.11 Å². The molecule has 128 valence electrons. The summed E-state index contributed by atoms with van der Waals surface area (Å²) in [6.07, 6.45) is 3.92. The lowest BCUT2D eigenvalue weighted by Gasteiger charge is -2.56. The first kappa shape index (κ1) is 16.9. The van der Waals surface area contributed by atoms with E-state index in [1.165, 1.54) is 11.1 Å². The minimum atomic E-state index is -0.198. The first-order valence-corrected chi connectivity index (χ1v) is 8.98. The van der Waals surface area contributed by atoms with Gasteiger partial charge in [0.05, 0.1) is 18.8 Å². The summed E-state index contributed by atoms with van der Waals surface area (Å²) in [6.45, 7) is 6.43. The van der Waals surface area contributed by atoms with Gasteiger partial charge < -0.3 is 15.6 Å². The van der Waals surface area contributed by atoms with E-state index in [2.05, 4.69) is 36.1 Å². The average Bonchev–Trinajstić information content (AvgIpc) is 2.60. The Balaban J connectivity index is 1.53. The van der Waals surface area contributed by atoms with Gasteiger partial charge in [-0.2, -0.15) is 0 Å². The zero-order valence-electron chi connectivity index (χ0n) is 14.2. The predicted octanol–water partition coefficient (Wildman–Crippen LogP) is 1.94. The number of hydrogen-bond donors (Lipinski definition) is 2. The first-order chi connectivity index (χ1) is 11.2. The van der Waals surface area contributed by atoms with Crippen LogP contribution in [0.4, 0.5) is 0 Å². The van der Waals surface area contributed by atoms with E-state index in [1.54, 1.807) is 0 Å². The molecule has 2 aliphatic rings. The predicted molar refractivity (Wildman–Crippen MR) is 92.2 cm³/mol. The Morgan fingerprint density at radius 2 is 1.87 bits per heavy atom. The van der Waals surface area contributed by atoms with Crippen molar-refractivity contribution in [2.45, 2.75) is 51.4 Å². The van der Waals surface area contributed by atoms with Crippen molar-refractivity contribution in [3.8, 4) is 0 Å². The third kappa shape index (κ3) is 3.45. The number of rotatable bonds is 6. The molecule has 0 amide bonds. The maximum atomic E-state index is 10.3. The van der Waals surface area contributed by atoms with E-state index in [0.717, 1.165) is 45.3 Å². The van der Waals surface area contributed by atoms with Crippen molar-refractivity contribution in [3.05, 3.63) is 35.4 Å². The summed E-state index contributed by atoms with van der Waals surface area (Å²) in [5.41, 5.74) is 8.30. The Bertz CT molecular complexity index is 495. The maximum Gasteiger partial charge on any atom is 0.0682 e. The molecule has 2 fully saturated rings. The van der Waals surface area contributed by atoms with E-state index in [1.807, 2.05) is 0 Å². The van der Waals surface area contributed by atoms with E-state index in [4.69, 9.17) is 10.5 Å². The molecule has 4 heteroatoms. The van der Waals surface area contributed by atoms with Crippen LogP contribution in [0.3, 0.4) is 0 Å². The molecule has 1 aliphatic carbocycles. The Morgan fingerprint density at radius 1 is 1.22 bits per heavy atom. The first-order valence-electron chi connectivity index (χ1n) is 8.98. The SMILES string of the molecule is CCc1ccc(CN2CCC3(CC2)C(O)CC3OCCN)cc1. The third-order valence-corrected chi connectivity index (χ3v) is 5.80. The number of ether oxygens (including phenoxy) is 1. The minimum absolute atomic E-state index is 0.0161. The molecule has 1 aromatic rings. The molecule has 1 spiro atoms. The second kappa shape index (κ2) is 7.31. The van der Waals surface area contributed by atoms with Crippen LogP contribution in [0.5, 0.6) is 0 Å². The quantitative estimate of drug-likeness (QED) is 0.841. The summed E-state index contributed by atoms with van der Waals surface area (Å²) in [4.78, 5) is 2.50. The van der Waals surface area contributed by atoms with Crippen molar-refractivity contribution >= 4 is 0 Å². The van der Waals surface area contributed by atoms with Crippen LogP contribution < -0.4 is 5.73 Å². The summed E-state index contributed by atoms with van der Waals surface area (Å²) in [6, 6.07) is 8.95. The zero-order valence-corrected chi connectivity index (χ0v) is 14.2. The molecular weight excluding hydrogens is 288 g/mol. The summed E-state index contributed by atoms with van der Waals surface area (Å²) in [5.74, 6) is 0. The van der Waals surface area contributed by atoms with E-state index in [-0.39, 0.29) is 17.6 Å². The molecule has 0 aromatic heterocycles. The normalized spacial score (nSPS) is 27.1. The smallest absolute Gasteiger partial charge is 0.0682 e. The number of benzene rings is 1. The fourth-order valence-corrected chi connectivity index (χ4v) is 4.09. The molecule has 1 aromatic carbocycles. The van der Waals surface area contributed by atoms with Crippen molar-refractivity contribution in [1.82, 2.24) is 4.90 Å². The minimum Gasteiger partial charge on any atom is -0.392 e. The number of aryl methyl sites for hydroxylation is 1. The highest BCUT2D eigenvalue weighted by Crippen LogP contribution is 2.51. The van der Waals surface area contributed by atoms with Crippen LogP contribution in [-0.4, -0.2) is 48.5 Å². The summed E-state index contributed by atoms with van der Waals surface area (Å²) >= 11 is 0. The van der Waals surface area contributed by atoms with Gasteiger partial charge in [0, 0.05) is 24.9 Å². The summed E-state index contributed by atoms with van der Waals surface area (Å²) < 4.78 is 5.87. The third-order valence-electron chi connectivity index (χ3n) is 5.80. The Kier molecular flexibility index (Phi) is 5.37. The van der Waals surface area contributed by atoms with Gasteiger partial charge in [-0.1, -0.05) is 31.2 Å². The molecule has 1 saturated heterocycles. The molecule has 1 aliphatic heterocycles. The van der Waals surface area contributed by atoms with E-state index in [0.29, 0.717) is 13.2 Å². The van der Waals surface area contributed by atoms with Crippen LogP contribution in [0.15, 0.2) is 24.3 Å². The summed E-state index contributed by atoms with van der Waals surface area (Å²) in [7, 11) is 0. The average molecular weight is 318 g/mol. The zero-order chi connectivity index (χ0) is 16.3. The molecule has 0 radical (unpaired) electrons. The van der Waals surface area contributed by atoms with Crippen LogP contribution in [0, 0.1) is 5.41 Å². The van der Waals surface area contributed by atoms with Gasteiger partial charge in [-0.25, -0.2) is 0 Å². The van der Waals surface area contributed by atoms with Gasteiger partial charge in [-0.05, 0) is 43.5 Å². The molecular formula is C19H30N2O2. The van der Waals surface area contributed by atoms with Crippen molar-refractivity contribution in [1.29, 1.82) is 0 Å². The lowest BCUT2D eigenvalue weighted by Crippen LogP contribution is -2.62. The maximum absolute atomic E-state index is 10.3. The van der Waals surface area contributed by atoms with Crippen molar-refractivity contribution < 1.29 is 9.84 Å². The molecule has 3 rings (SSSR count). The molecule has 0 bridgehead atoms. The lowest BCUT2D eigenvalue weighted by atomic mass is 9.58. The number of aliphatic hydroxyl groups is 1. The number of nitrogens with zero attached hydrogens (tertiary/aromatic N) is 1. The van der Waals surface area contributed by atoms with E-state index >= 15 is 0 Å². The van der Waals surface area contributed by atoms with Crippen molar-refractivity contribution in [2.75, 3.05) is 26.2 Å². The largest absolute Gasteiger partial charge is 0.392 e. The van der Waals surface area contributed by atoms with Crippen LogP contribution in [-0.2, 0) is 17.7 Å². The van der Waals surface area contributed by atoms with Gasteiger partial charge in [0.25, 0.3) is 0 Å². The topological polar surface area (TPSA) is 58.7 Å². The Hall–Kier alpha value is -0.940. The molecule has 2 unspecified atom stereocenters.